The van der Waals surface area contributed by atoms with Gasteiger partial charge >= 0.3 is 0 Å². The Morgan fingerprint density at radius 3 is 2.51 bits per heavy atom. The zero-order valence-electron chi connectivity index (χ0n) is 25.9. The number of amides is 2. The summed E-state index contributed by atoms with van der Waals surface area (Å²) >= 11 is 0. The van der Waals surface area contributed by atoms with Gasteiger partial charge in [0.1, 0.15) is 11.8 Å². The fourth-order valence-corrected chi connectivity index (χ4v) is 7.74. The molecule has 3 N–H and O–H groups in total. The third-order valence-corrected chi connectivity index (χ3v) is 10.2. The molecule has 1 saturated heterocycles. The Morgan fingerprint density at radius 2 is 1.84 bits per heavy atom. The Hall–Kier alpha value is -3.84. The molecule has 1 aliphatic heterocycles. The Labute approximate surface area is 253 Å². The zero-order valence-corrected chi connectivity index (χ0v) is 25.9. The maximum Gasteiger partial charge on any atom is 0.225 e. The van der Waals surface area contributed by atoms with Gasteiger partial charge < -0.3 is 25.1 Å². The lowest BCUT2D eigenvalue weighted by molar-refractivity contribution is -0.169. The number of imidazole rings is 1. The van der Waals surface area contributed by atoms with E-state index >= 15 is 0 Å². The van der Waals surface area contributed by atoms with Gasteiger partial charge in [-0.2, -0.15) is 5.26 Å². The van der Waals surface area contributed by atoms with E-state index in [1.807, 2.05) is 25.5 Å². The molecule has 2 bridgehead atoms. The van der Waals surface area contributed by atoms with Crippen molar-refractivity contribution in [3.05, 3.63) is 41.3 Å². The van der Waals surface area contributed by atoms with E-state index in [1.54, 1.807) is 6.33 Å². The highest BCUT2D eigenvalue weighted by atomic mass is 16.2. The molecule has 2 amide bonds. The predicted molar refractivity (Wildman–Crippen MR) is 168 cm³/mol. The Kier molecular flexibility index (Phi) is 7.71. The Morgan fingerprint density at radius 1 is 1.12 bits per heavy atom. The fourth-order valence-electron chi connectivity index (χ4n) is 7.74. The molecule has 4 fully saturated rings. The SMILES string of the molecule is CCC(=O)Nc1ncn(C)c1NC1CCN(Cc2ccc3c(cc(C#N)n3CCC34CC(NC(=O)CC)(C3)C4)c2C)CC1. The number of hydrogen-bond donors (Lipinski definition) is 3. The van der Waals surface area contributed by atoms with Crippen LogP contribution in [0, 0.1) is 23.7 Å². The van der Waals surface area contributed by atoms with E-state index in [0.29, 0.717) is 30.1 Å². The normalized spacial score (nSPS) is 23.3. The first-order valence-electron chi connectivity index (χ1n) is 15.8. The Balaban J connectivity index is 1.06. The van der Waals surface area contributed by atoms with E-state index in [1.165, 1.54) is 16.5 Å². The van der Waals surface area contributed by atoms with Gasteiger partial charge in [-0.25, -0.2) is 4.98 Å². The minimum atomic E-state index is -0.0391. The number of benzene rings is 1. The number of piperidine rings is 1. The van der Waals surface area contributed by atoms with Crippen molar-refractivity contribution in [1.29, 1.82) is 5.26 Å². The molecule has 0 spiro atoms. The average molecular weight is 585 g/mol. The highest BCUT2D eigenvalue weighted by molar-refractivity contribution is 5.92. The first-order chi connectivity index (χ1) is 20.7. The van der Waals surface area contributed by atoms with Gasteiger partial charge in [0.2, 0.25) is 11.8 Å². The molecule has 0 radical (unpaired) electrons. The van der Waals surface area contributed by atoms with Crippen molar-refractivity contribution in [3.63, 3.8) is 0 Å². The van der Waals surface area contributed by atoms with Gasteiger partial charge in [-0.3, -0.25) is 14.5 Å². The summed E-state index contributed by atoms with van der Waals surface area (Å²) in [4.78, 5) is 30.6. The molecule has 0 atom stereocenters. The van der Waals surface area contributed by atoms with Crippen LogP contribution in [0.25, 0.3) is 10.9 Å². The van der Waals surface area contributed by atoms with Gasteiger partial charge in [0, 0.05) is 68.6 Å². The van der Waals surface area contributed by atoms with Crippen LogP contribution >= 0.6 is 0 Å². The molecule has 43 heavy (non-hydrogen) atoms. The number of nitrogens with zero attached hydrogens (tertiary/aromatic N) is 5. The van der Waals surface area contributed by atoms with Crippen molar-refractivity contribution in [2.45, 2.75) is 96.8 Å². The van der Waals surface area contributed by atoms with Crippen LogP contribution in [0.5, 0.6) is 0 Å². The molecule has 10 heteroatoms. The van der Waals surface area contributed by atoms with E-state index in [9.17, 15) is 14.9 Å². The molecular weight excluding hydrogens is 540 g/mol. The number of rotatable bonds is 11. The van der Waals surface area contributed by atoms with Crippen molar-refractivity contribution in [3.8, 4) is 6.07 Å². The number of carbonyl (C=O) groups is 2. The smallest absolute Gasteiger partial charge is 0.225 e. The first kappa shape index (κ1) is 29.2. The van der Waals surface area contributed by atoms with E-state index in [0.717, 1.165) is 81.7 Å². The molecule has 3 heterocycles. The third kappa shape index (κ3) is 5.51. The van der Waals surface area contributed by atoms with Crippen LogP contribution in [0.3, 0.4) is 0 Å². The fraction of sp³-hybridized carbons (Fsp3) is 0.576. The standard InChI is InChI=1S/C33H44N8O2/c1-5-28(42)37-30-31(39(4)21-35-30)36-24-9-12-40(13-10-24)17-23-7-8-27-26(22(23)3)15-25(16-34)41(27)14-11-32-18-33(19-32,20-32)38-29(43)6-2/h7-8,15,21,24,36H,5-6,9-14,17-20H2,1-4H3,(H,37,42)(H,38,43). The average Bonchev–Trinajstić information content (AvgIpc) is 3.51. The largest absolute Gasteiger partial charge is 0.366 e. The van der Waals surface area contributed by atoms with Crippen molar-refractivity contribution < 1.29 is 9.59 Å². The van der Waals surface area contributed by atoms with Gasteiger partial charge in [0.15, 0.2) is 11.6 Å². The van der Waals surface area contributed by atoms with Crippen LogP contribution in [0.15, 0.2) is 24.5 Å². The summed E-state index contributed by atoms with van der Waals surface area (Å²) in [5.74, 6) is 1.57. The summed E-state index contributed by atoms with van der Waals surface area (Å²) in [5, 5.41) is 20.9. The van der Waals surface area contributed by atoms with Crippen molar-refractivity contribution in [2.75, 3.05) is 23.7 Å². The summed E-state index contributed by atoms with van der Waals surface area (Å²) in [5.41, 5.74) is 4.81. The van der Waals surface area contributed by atoms with Crippen LogP contribution in [-0.2, 0) is 29.7 Å². The number of likely N-dealkylation sites (tertiary alicyclic amines) is 1. The van der Waals surface area contributed by atoms with E-state index in [-0.39, 0.29) is 17.4 Å². The molecule has 7 rings (SSSR count). The lowest BCUT2D eigenvalue weighted by Crippen LogP contribution is -2.74. The highest BCUT2D eigenvalue weighted by Gasteiger charge is 2.67. The van der Waals surface area contributed by atoms with Crippen LogP contribution in [-0.4, -0.2) is 55.5 Å². The van der Waals surface area contributed by atoms with E-state index < -0.39 is 0 Å². The summed E-state index contributed by atoms with van der Waals surface area (Å²) in [7, 11) is 1.94. The van der Waals surface area contributed by atoms with Crippen molar-refractivity contribution >= 4 is 34.4 Å². The second kappa shape index (κ2) is 11.3. The molecular formula is C33H44N8O2. The van der Waals surface area contributed by atoms with Crippen LogP contribution in [0.2, 0.25) is 0 Å². The second-order valence-corrected chi connectivity index (χ2v) is 13.2. The number of carbonyl (C=O) groups excluding carboxylic acids is 2. The number of fused-ring (bicyclic) bond motifs is 1. The molecule has 4 aliphatic rings. The van der Waals surface area contributed by atoms with Gasteiger partial charge in [-0.1, -0.05) is 19.9 Å². The second-order valence-electron chi connectivity index (χ2n) is 13.2. The highest BCUT2D eigenvalue weighted by Crippen LogP contribution is 2.69. The number of aryl methyl sites for hydroxylation is 3. The number of hydrogen-bond acceptors (Lipinski definition) is 6. The first-order valence-corrected chi connectivity index (χ1v) is 15.8. The topological polar surface area (TPSA) is 120 Å². The monoisotopic (exact) mass is 584 g/mol. The summed E-state index contributed by atoms with van der Waals surface area (Å²) in [6, 6.07) is 9.27. The summed E-state index contributed by atoms with van der Waals surface area (Å²) in [6.45, 7) is 9.62. The number of nitrogens with one attached hydrogen (secondary N) is 3. The molecule has 228 valence electrons. The van der Waals surface area contributed by atoms with E-state index in [2.05, 4.69) is 61.6 Å². The van der Waals surface area contributed by atoms with Crippen LogP contribution in [0.4, 0.5) is 11.6 Å². The molecule has 3 saturated carbocycles. The summed E-state index contributed by atoms with van der Waals surface area (Å²) < 4.78 is 4.13. The predicted octanol–water partition coefficient (Wildman–Crippen LogP) is 4.82. The molecule has 0 unspecified atom stereocenters. The quantitative estimate of drug-likeness (QED) is 0.297. The molecule has 10 nitrogen and oxygen atoms in total. The Bertz CT molecular complexity index is 1570. The van der Waals surface area contributed by atoms with Gasteiger partial charge in [0.25, 0.3) is 0 Å². The number of anilines is 2. The lowest BCUT2D eigenvalue weighted by atomic mass is 9.38. The third-order valence-electron chi connectivity index (χ3n) is 10.2. The molecule has 1 aromatic carbocycles. The minimum Gasteiger partial charge on any atom is -0.366 e. The maximum atomic E-state index is 11.9. The molecule has 3 aromatic rings. The molecule has 2 aromatic heterocycles. The number of aromatic nitrogens is 3. The van der Waals surface area contributed by atoms with Crippen LogP contribution in [0.1, 0.15) is 82.0 Å². The van der Waals surface area contributed by atoms with Crippen molar-refractivity contribution in [1.82, 2.24) is 24.3 Å². The van der Waals surface area contributed by atoms with Crippen LogP contribution < -0.4 is 16.0 Å². The van der Waals surface area contributed by atoms with E-state index in [4.69, 9.17) is 0 Å². The zero-order chi connectivity index (χ0) is 30.4. The summed E-state index contributed by atoms with van der Waals surface area (Å²) in [6.07, 6.45) is 8.96. The lowest BCUT2D eigenvalue weighted by Gasteiger charge is -2.71. The van der Waals surface area contributed by atoms with Gasteiger partial charge in [-0.15, -0.1) is 0 Å². The molecule has 3 aliphatic carbocycles. The maximum absolute atomic E-state index is 11.9. The van der Waals surface area contributed by atoms with Gasteiger partial charge in [0.05, 0.1) is 6.33 Å². The number of nitriles is 1. The van der Waals surface area contributed by atoms with Crippen molar-refractivity contribution in [2.24, 2.45) is 12.5 Å². The van der Waals surface area contributed by atoms with Gasteiger partial charge in [-0.05, 0) is 74.1 Å². The minimum absolute atomic E-state index is 0.0391.